The fraction of sp³-hybridized carbons (Fsp3) is 0.357. The molecular formula is C28H35FOSi. The highest BCUT2D eigenvalue weighted by atomic mass is 28.3. The van der Waals surface area contributed by atoms with Gasteiger partial charge in [-0.3, -0.25) is 0 Å². The topological polar surface area (TPSA) is 20.2 Å². The zero-order valence-corrected chi connectivity index (χ0v) is 20.1. The SMILES string of the molecule is CCCCCc1ccc(-c2ccc(-c3ccc([Si](C)(C)CCCO)cc3)c(F)c2)cc1. The Balaban J connectivity index is 1.75. The maximum absolute atomic E-state index is 15.0. The summed E-state index contributed by atoms with van der Waals surface area (Å²) >= 11 is 0. The molecule has 3 aromatic rings. The molecule has 3 rings (SSSR count). The lowest BCUT2D eigenvalue weighted by Crippen LogP contribution is -2.41. The van der Waals surface area contributed by atoms with E-state index in [1.165, 1.54) is 30.0 Å². The highest BCUT2D eigenvalue weighted by molar-refractivity contribution is 6.89. The number of unbranched alkanes of at least 4 members (excludes halogenated alkanes) is 2. The van der Waals surface area contributed by atoms with Gasteiger partial charge >= 0.3 is 0 Å². The molecule has 1 N–H and O–H groups in total. The lowest BCUT2D eigenvalue weighted by molar-refractivity contribution is 0.294. The monoisotopic (exact) mass is 434 g/mol. The van der Waals surface area contributed by atoms with Crippen LogP contribution in [-0.2, 0) is 6.42 Å². The van der Waals surface area contributed by atoms with Gasteiger partial charge in [-0.2, -0.15) is 0 Å². The first-order chi connectivity index (χ1) is 14.9. The molecule has 0 aromatic heterocycles. The number of aryl methyl sites for hydroxylation is 1. The average Bonchev–Trinajstić information content (AvgIpc) is 2.78. The van der Waals surface area contributed by atoms with Crippen molar-refractivity contribution >= 4 is 13.3 Å². The molecule has 31 heavy (non-hydrogen) atoms. The van der Waals surface area contributed by atoms with Gasteiger partial charge in [0.15, 0.2) is 0 Å². The standard InChI is InChI=1S/C28H35FOSi/c1-4-5-6-8-22-9-11-23(12-10-22)25-15-18-27(28(29)21-25)24-13-16-26(17-14-24)31(2,3)20-7-19-30/h9-18,21,30H,4-8,19-20H2,1-3H3. The molecule has 0 amide bonds. The summed E-state index contributed by atoms with van der Waals surface area (Å²) < 4.78 is 15.0. The van der Waals surface area contributed by atoms with Crippen molar-refractivity contribution in [1.82, 2.24) is 0 Å². The van der Waals surface area contributed by atoms with Gasteiger partial charge in [-0.15, -0.1) is 0 Å². The van der Waals surface area contributed by atoms with Crippen LogP contribution in [0.25, 0.3) is 22.3 Å². The normalized spacial score (nSPS) is 11.6. The van der Waals surface area contributed by atoms with Crippen LogP contribution in [0.15, 0.2) is 66.7 Å². The third-order valence-electron chi connectivity index (χ3n) is 6.26. The Kier molecular flexibility index (Phi) is 8.22. The Labute approximate surface area is 188 Å². The second-order valence-electron chi connectivity index (χ2n) is 9.14. The Morgan fingerprint density at radius 3 is 2.03 bits per heavy atom. The van der Waals surface area contributed by atoms with Gasteiger partial charge in [0.2, 0.25) is 0 Å². The van der Waals surface area contributed by atoms with Crippen molar-refractivity contribution in [2.75, 3.05) is 6.61 Å². The van der Waals surface area contributed by atoms with E-state index in [9.17, 15) is 4.39 Å². The molecule has 0 aliphatic rings. The number of rotatable bonds is 10. The maximum atomic E-state index is 15.0. The first-order valence-corrected chi connectivity index (χ1v) is 14.8. The highest BCUT2D eigenvalue weighted by Crippen LogP contribution is 2.28. The van der Waals surface area contributed by atoms with Crippen LogP contribution in [0.1, 0.15) is 38.2 Å². The predicted octanol–water partition coefficient (Wildman–Crippen LogP) is 7.19. The zero-order chi connectivity index (χ0) is 22.3. The third kappa shape index (κ3) is 6.15. The van der Waals surface area contributed by atoms with Crippen molar-refractivity contribution in [1.29, 1.82) is 0 Å². The van der Waals surface area contributed by atoms with Crippen LogP contribution in [0, 0.1) is 5.82 Å². The van der Waals surface area contributed by atoms with E-state index in [1.807, 2.05) is 24.3 Å². The van der Waals surface area contributed by atoms with Gasteiger partial charge in [0, 0.05) is 12.2 Å². The average molecular weight is 435 g/mol. The molecule has 3 aromatic carbocycles. The van der Waals surface area contributed by atoms with Crippen LogP contribution in [0.4, 0.5) is 4.39 Å². The summed E-state index contributed by atoms with van der Waals surface area (Å²) in [5.41, 5.74) is 4.86. The smallest absolute Gasteiger partial charge is 0.131 e. The molecule has 0 fully saturated rings. The van der Waals surface area contributed by atoms with Gasteiger partial charge in [0.25, 0.3) is 0 Å². The number of halogens is 1. The summed E-state index contributed by atoms with van der Waals surface area (Å²) in [6.07, 6.45) is 5.67. The summed E-state index contributed by atoms with van der Waals surface area (Å²) in [5.74, 6) is -0.186. The van der Waals surface area contributed by atoms with Gasteiger partial charge in [-0.05, 0) is 47.6 Å². The first-order valence-electron chi connectivity index (χ1n) is 11.6. The van der Waals surface area contributed by atoms with Crippen LogP contribution in [0.3, 0.4) is 0 Å². The van der Waals surface area contributed by atoms with Crippen molar-refractivity contribution in [2.24, 2.45) is 0 Å². The fourth-order valence-corrected chi connectivity index (χ4v) is 6.54. The lowest BCUT2D eigenvalue weighted by Gasteiger charge is -2.23. The van der Waals surface area contributed by atoms with Crippen LogP contribution >= 0.6 is 0 Å². The van der Waals surface area contributed by atoms with E-state index in [4.69, 9.17) is 5.11 Å². The van der Waals surface area contributed by atoms with E-state index in [2.05, 4.69) is 56.4 Å². The van der Waals surface area contributed by atoms with Crippen LogP contribution < -0.4 is 5.19 Å². The van der Waals surface area contributed by atoms with Crippen LogP contribution in [0.5, 0.6) is 0 Å². The Morgan fingerprint density at radius 1 is 0.774 bits per heavy atom. The van der Waals surface area contributed by atoms with Crippen LogP contribution in [-0.4, -0.2) is 19.8 Å². The van der Waals surface area contributed by atoms with E-state index in [1.54, 1.807) is 6.07 Å². The zero-order valence-electron chi connectivity index (χ0n) is 19.1. The summed E-state index contributed by atoms with van der Waals surface area (Å²) in [5, 5.41) is 10.5. The molecule has 0 aliphatic carbocycles. The quantitative estimate of drug-likeness (QED) is 0.264. The van der Waals surface area contributed by atoms with Gasteiger partial charge in [0.1, 0.15) is 5.82 Å². The van der Waals surface area contributed by atoms with E-state index < -0.39 is 8.07 Å². The minimum absolute atomic E-state index is 0.186. The summed E-state index contributed by atoms with van der Waals surface area (Å²) in [6, 6.07) is 23.5. The largest absolute Gasteiger partial charge is 0.396 e. The maximum Gasteiger partial charge on any atom is 0.131 e. The minimum atomic E-state index is -1.56. The highest BCUT2D eigenvalue weighted by Gasteiger charge is 2.22. The second-order valence-corrected chi connectivity index (χ2v) is 14.0. The minimum Gasteiger partial charge on any atom is -0.396 e. The van der Waals surface area contributed by atoms with Crippen molar-refractivity contribution in [3.8, 4) is 22.3 Å². The molecule has 0 radical (unpaired) electrons. The molecular weight excluding hydrogens is 399 g/mol. The van der Waals surface area contributed by atoms with Crippen LogP contribution in [0.2, 0.25) is 19.1 Å². The fourth-order valence-electron chi connectivity index (χ4n) is 4.14. The van der Waals surface area contributed by atoms with E-state index in [0.717, 1.165) is 35.6 Å². The molecule has 0 spiro atoms. The number of hydrogen-bond donors (Lipinski definition) is 1. The second kappa shape index (κ2) is 10.9. The molecule has 0 aliphatic heterocycles. The number of aliphatic hydroxyl groups excluding tert-OH is 1. The number of benzene rings is 3. The van der Waals surface area contributed by atoms with Gasteiger partial charge in [-0.1, -0.05) is 105 Å². The molecule has 0 unspecified atom stereocenters. The molecule has 0 saturated carbocycles. The molecule has 0 saturated heterocycles. The molecule has 0 heterocycles. The van der Waals surface area contributed by atoms with E-state index in [0.29, 0.717) is 5.56 Å². The third-order valence-corrected chi connectivity index (χ3v) is 9.76. The van der Waals surface area contributed by atoms with Gasteiger partial charge in [-0.25, -0.2) is 4.39 Å². The number of aliphatic hydroxyl groups is 1. The van der Waals surface area contributed by atoms with Gasteiger partial charge < -0.3 is 5.11 Å². The molecule has 164 valence electrons. The van der Waals surface area contributed by atoms with Crippen molar-refractivity contribution in [2.45, 2.75) is 58.2 Å². The van der Waals surface area contributed by atoms with Crippen molar-refractivity contribution < 1.29 is 9.50 Å². The lowest BCUT2D eigenvalue weighted by atomic mass is 9.98. The Bertz CT molecular complexity index is 961. The molecule has 0 bridgehead atoms. The van der Waals surface area contributed by atoms with E-state index in [-0.39, 0.29) is 12.4 Å². The first kappa shape index (κ1) is 23.4. The van der Waals surface area contributed by atoms with Crippen molar-refractivity contribution in [3.05, 3.63) is 78.1 Å². The predicted molar refractivity (Wildman–Crippen MR) is 134 cm³/mol. The Morgan fingerprint density at radius 2 is 1.42 bits per heavy atom. The van der Waals surface area contributed by atoms with E-state index >= 15 is 0 Å². The number of hydrogen-bond acceptors (Lipinski definition) is 1. The molecule has 0 atom stereocenters. The van der Waals surface area contributed by atoms with Crippen molar-refractivity contribution in [3.63, 3.8) is 0 Å². The summed E-state index contributed by atoms with van der Waals surface area (Å²) in [4.78, 5) is 0. The molecule has 1 nitrogen and oxygen atoms in total. The Hall–Kier alpha value is -2.23. The van der Waals surface area contributed by atoms with Gasteiger partial charge in [0.05, 0.1) is 8.07 Å². The molecule has 3 heteroatoms. The summed E-state index contributed by atoms with van der Waals surface area (Å²) in [6.45, 7) is 7.11. The summed E-state index contributed by atoms with van der Waals surface area (Å²) in [7, 11) is -1.56.